The maximum absolute atomic E-state index is 11.7. The predicted octanol–water partition coefficient (Wildman–Crippen LogP) is 3.57. The van der Waals surface area contributed by atoms with E-state index >= 15 is 0 Å². The van der Waals surface area contributed by atoms with Gasteiger partial charge >= 0.3 is 5.97 Å². The molecule has 2 nitrogen and oxygen atoms in total. The third-order valence-electron chi connectivity index (χ3n) is 3.27. The molecule has 3 rings (SSSR count). The molecule has 2 aromatic rings. The third kappa shape index (κ3) is 2.43. The summed E-state index contributed by atoms with van der Waals surface area (Å²) in [6.07, 6.45) is 4.92. The van der Waals surface area contributed by atoms with E-state index in [1.54, 1.807) is 0 Å². The van der Waals surface area contributed by atoms with Crippen LogP contribution in [0.1, 0.15) is 27.0 Å². The normalized spacial score (nSPS) is 14.2. The van der Waals surface area contributed by atoms with Crippen LogP contribution in [0.15, 0.2) is 48.5 Å². The number of carbonyl (C=O) groups excluding carboxylic acids is 1. The van der Waals surface area contributed by atoms with Gasteiger partial charge in [-0.15, -0.1) is 0 Å². The third-order valence-corrected chi connectivity index (χ3v) is 3.27. The fraction of sp³-hybridized carbons (Fsp3) is 0.118. The molecule has 0 atom stereocenters. The largest absolute Gasteiger partial charge is 0.462 e. The predicted molar refractivity (Wildman–Crippen MR) is 75.8 cm³/mol. The van der Waals surface area contributed by atoms with Crippen LogP contribution in [0, 0.1) is 0 Å². The number of benzene rings is 2. The summed E-state index contributed by atoms with van der Waals surface area (Å²) < 4.78 is 5.06. The summed E-state index contributed by atoms with van der Waals surface area (Å²) in [5, 5.41) is 0. The highest BCUT2D eigenvalue weighted by Crippen LogP contribution is 2.22. The number of fused-ring (bicyclic) bond motifs is 1. The molecule has 0 aromatic heterocycles. The lowest BCUT2D eigenvalue weighted by molar-refractivity contribution is 0.0480. The van der Waals surface area contributed by atoms with Crippen molar-refractivity contribution in [3.05, 3.63) is 70.8 Å². The molecule has 0 unspecified atom stereocenters. The summed E-state index contributed by atoms with van der Waals surface area (Å²) in [6.45, 7) is 0.474. The monoisotopic (exact) mass is 250 g/mol. The Kier molecular flexibility index (Phi) is 3.15. The Bertz CT molecular complexity index is 627. The van der Waals surface area contributed by atoms with Crippen molar-refractivity contribution in [3.63, 3.8) is 0 Å². The van der Waals surface area contributed by atoms with Gasteiger partial charge in [0.2, 0.25) is 0 Å². The number of hydrogen-bond acceptors (Lipinski definition) is 2. The molecule has 0 amide bonds. The summed E-state index contributed by atoms with van der Waals surface area (Å²) in [5.74, 6) is -0.212. The number of cyclic esters (lactones) is 1. The molecule has 0 spiro atoms. The second kappa shape index (κ2) is 5.11. The molecule has 0 aliphatic carbocycles. The molecule has 19 heavy (non-hydrogen) atoms. The first-order valence-electron chi connectivity index (χ1n) is 6.37. The quantitative estimate of drug-likeness (QED) is 0.601. The molecule has 0 saturated heterocycles. The molecule has 1 heterocycles. The zero-order valence-electron chi connectivity index (χ0n) is 10.5. The Labute approximate surface area is 112 Å². The number of esters is 1. The minimum absolute atomic E-state index is 0.212. The molecule has 0 bridgehead atoms. The lowest BCUT2D eigenvalue weighted by atomic mass is 9.96. The van der Waals surface area contributed by atoms with Crippen LogP contribution in [0.5, 0.6) is 0 Å². The maximum atomic E-state index is 11.7. The lowest BCUT2D eigenvalue weighted by Gasteiger charge is -2.17. The SMILES string of the molecule is O=C1OCCc2c(/C=C/c3ccccc3)cccc21. The Morgan fingerprint density at radius 3 is 2.63 bits per heavy atom. The van der Waals surface area contributed by atoms with E-state index in [4.69, 9.17) is 4.74 Å². The van der Waals surface area contributed by atoms with Crippen LogP contribution in [-0.4, -0.2) is 12.6 Å². The van der Waals surface area contributed by atoms with Gasteiger partial charge in [0.25, 0.3) is 0 Å². The Hall–Kier alpha value is -2.35. The second-order valence-corrected chi connectivity index (χ2v) is 4.50. The van der Waals surface area contributed by atoms with Crippen molar-refractivity contribution in [1.29, 1.82) is 0 Å². The van der Waals surface area contributed by atoms with Gasteiger partial charge in [0.1, 0.15) is 0 Å². The van der Waals surface area contributed by atoms with Crippen LogP contribution in [-0.2, 0) is 11.2 Å². The molecular weight excluding hydrogens is 236 g/mol. The molecule has 0 N–H and O–H groups in total. The fourth-order valence-electron chi connectivity index (χ4n) is 2.30. The molecule has 0 saturated carbocycles. The van der Waals surface area contributed by atoms with Crippen molar-refractivity contribution in [2.24, 2.45) is 0 Å². The average molecular weight is 250 g/mol. The Balaban J connectivity index is 1.96. The molecular formula is C17H14O2. The molecule has 2 aromatic carbocycles. The van der Waals surface area contributed by atoms with Gasteiger partial charge in [0.15, 0.2) is 0 Å². The number of carbonyl (C=O) groups is 1. The van der Waals surface area contributed by atoms with E-state index < -0.39 is 0 Å². The van der Waals surface area contributed by atoms with E-state index in [1.165, 1.54) is 0 Å². The van der Waals surface area contributed by atoms with Gasteiger partial charge in [0, 0.05) is 6.42 Å². The summed E-state index contributed by atoms with van der Waals surface area (Å²) in [7, 11) is 0. The van der Waals surface area contributed by atoms with Crippen molar-refractivity contribution in [1.82, 2.24) is 0 Å². The van der Waals surface area contributed by atoms with E-state index in [0.717, 1.165) is 23.1 Å². The zero-order chi connectivity index (χ0) is 13.1. The Morgan fingerprint density at radius 2 is 1.79 bits per heavy atom. The zero-order valence-corrected chi connectivity index (χ0v) is 10.5. The van der Waals surface area contributed by atoms with Crippen LogP contribution in [0.3, 0.4) is 0 Å². The van der Waals surface area contributed by atoms with Gasteiger partial charge in [-0.25, -0.2) is 4.79 Å². The minimum atomic E-state index is -0.212. The molecule has 0 fully saturated rings. The van der Waals surface area contributed by atoms with E-state index in [1.807, 2.05) is 36.4 Å². The smallest absolute Gasteiger partial charge is 0.338 e. The van der Waals surface area contributed by atoms with Crippen LogP contribution in [0.4, 0.5) is 0 Å². The first kappa shape index (κ1) is 11.7. The van der Waals surface area contributed by atoms with Gasteiger partial charge in [-0.3, -0.25) is 0 Å². The standard InChI is InChI=1S/C17H14O2/c18-17-16-8-4-7-14(15(16)11-12-19-17)10-9-13-5-2-1-3-6-13/h1-10H,11-12H2/b10-9+. The number of ether oxygens (including phenoxy) is 1. The van der Waals surface area contributed by atoms with E-state index in [2.05, 4.69) is 24.3 Å². The first-order chi connectivity index (χ1) is 9.34. The fourth-order valence-corrected chi connectivity index (χ4v) is 2.30. The number of hydrogen-bond donors (Lipinski definition) is 0. The van der Waals surface area contributed by atoms with Crippen LogP contribution >= 0.6 is 0 Å². The lowest BCUT2D eigenvalue weighted by Crippen LogP contribution is -2.18. The first-order valence-corrected chi connectivity index (χ1v) is 6.37. The van der Waals surface area contributed by atoms with Crippen molar-refractivity contribution >= 4 is 18.1 Å². The molecule has 94 valence electrons. The number of rotatable bonds is 2. The molecule has 2 heteroatoms. The van der Waals surface area contributed by atoms with Crippen LogP contribution in [0.25, 0.3) is 12.2 Å². The van der Waals surface area contributed by atoms with Crippen molar-refractivity contribution < 1.29 is 9.53 Å². The van der Waals surface area contributed by atoms with Gasteiger partial charge < -0.3 is 4.74 Å². The summed E-state index contributed by atoms with van der Waals surface area (Å²) in [5.41, 5.74) is 4.03. The highest BCUT2D eigenvalue weighted by molar-refractivity contribution is 5.93. The Morgan fingerprint density at radius 1 is 0.947 bits per heavy atom. The molecule has 1 aliphatic rings. The van der Waals surface area contributed by atoms with Crippen molar-refractivity contribution in [2.45, 2.75) is 6.42 Å². The van der Waals surface area contributed by atoms with Crippen LogP contribution in [0.2, 0.25) is 0 Å². The average Bonchev–Trinajstić information content (AvgIpc) is 2.47. The molecule has 1 aliphatic heterocycles. The van der Waals surface area contributed by atoms with Crippen molar-refractivity contribution in [2.75, 3.05) is 6.61 Å². The molecule has 0 radical (unpaired) electrons. The van der Waals surface area contributed by atoms with E-state index in [-0.39, 0.29) is 5.97 Å². The van der Waals surface area contributed by atoms with E-state index in [0.29, 0.717) is 12.2 Å². The van der Waals surface area contributed by atoms with E-state index in [9.17, 15) is 4.79 Å². The van der Waals surface area contributed by atoms with Crippen LogP contribution < -0.4 is 0 Å². The van der Waals surface area contributed by atoms with Gasteiger partial charge in [0.05, 0.1) is 12.2 Å². The minimum Gasteiger partial charge on any atom is -0.462 e. The maximum Gasteiger partial charge on any atom is 0.338 e. The van der Waals surface area contributed by atoms with Gasteiger partial charge in [-0.05, 0) is 22.8 Å². The summed E-state index contributed by atoms with van der Waals surface area (Å²) in [6, 6.07) is 15.9. The highest BCUT2D eigenvalue weighted by Gasteiger charge is 2.19. The van der Waals surface area contributed by atoms with Gasteiger partial charge in [-0.2, -0.15) is 0 Å². The second-order valence-electron chi connectivity index (χ2n) is 4.50. The summed E-state index contributed by atoms with van der Waals surface area (Å²) in [4.78, 5) is 11.7. The highest BCUT2D eigenvalue weighted by atomic mass is 16.5. The summed E-state index contributed by atoms with van der Waals surface area (Å²) >= 11 is 0. The topological polar surface area (TPSA) is 26.3 Å². The van der Waals surface area contributed by atoms with Gasteiger partial charge in [-0.1, -0.05) is 54.6 Å². The van der Waals surface area contributed by atoms with Crippen molar-refractivity contribution in [3.8, 4) is 0 Å².